The zero-order valence-electron chi connectivity index (χ0n) is 10.2. The Kier molecular flexibility index (Phi) is 3.62. The first-order valence-corrected chi connectivity index (χ1v) is 5.64. The molecule has 2 heterocycles. The van der Waals surface area contributed by atoms with Crippen LogP contribution >= 0.6 is 0 Å². The lowest BCUT2D eigenvalue weighted by molar-refractivity contribution is 0.0498. The van der Waals surface area contributed by atoms with E-state index in [4.69, 9.17) is 10.5 Å². The number of hydrogen-bond donors (Lipinski definition) is 1. The van der Waals surface area contributed by atoms with E-state index in [2.05, 4.69) is 4.98 Å². The van der Waals surface area contributed by atoms with Crippen molar-refractivity contribution in [2.75, 3.05) is 12.3 Å². The highest BCUT2D eigenvalue weighted by Gasteiger charge is 2.11. The van der Waals surface area contributed by atoms with Crippen molar-refractivity contribution in [2.45, 2.75) is 6.42 Å². The number of nitrogens with zero attached hydrogens (tertiary/aromatic N) is 2. The maximum Gasteiger partial charge on any atom is 0.355 e. The van der Waals surface area contributed by atoms with Gasteiger partial charge in [0.1, 0.15) is 5.69 Å². The molecule has 0 aromatic carbocycles. The summed E-state index contributed by atoms with van der Waals surface area (Å²) in [5.41, 5.74) is 7.65. The predicted molar refractivity (Wildman–Crippen MR) is 68.0 cm³/mol. The Morgan fingerprint density at radius 2 is 2.39 bits per heavy atom. The molecule has 2 aromatic rings. The van der Waals surface area contributed by atoms with Crippen molar-refractivity contribution in [3.05, 3.63) is 48.0 Å². The molecule has 5 heteroatoms. The van der Waals surface area contributed by atoms with Crippen LogP contribution in [0.4, 0.5) is 5.69 Å². The molecule has 0 aliphatic heterocycles. The molecule has 0 atom stereocenters. The van der Waals surface area contributed by atoms with Crippen LogP contribution in [-0.4, -0.2) is 22.1 Å². The number of carbonyl (C=O) groups excluding carboxylic acids is 1. The van der Waals surface area contributed by atoms with E-state index in [1.165, 1.54) is 0 Å². The third-order valence-corrected chi connectivity index (χ3v) is 2.58. The number of pyridine rings is 1. The summed E-state index contributed by atoms with van der Waals surface area (Å²) < 4.78 is 6.84. The van der Waals surface area contributed by atoms with Crippen molar-refractivity contribution >= 4 is 11.7 Å². The summed E-state index contributed by atoms with van der Waals surface area (Å²) in [5, 5.41) is 0. The fourth-order valence-electron chi connectivity index (χ4n) is 1.67. The normalized spacial score (nSPS) is 10.3. The van der Waals surface area contributed by atoms with Crippen molar-refractivity contribution in [1.82, 2.24) is 9.55 Å². The van der Waals surface area contributed by atoms with Crippen molar-refractivity contribution in [3.8, 4) is 0 Å². The summed E-state index contributed by atoms with van der Waals surface area (Å²) in [4.78, 5) is 15.8. The van der Waals surface area contributed by atoms with Crippen LogP contribution in [0.5, 0.6) is 0 Å². The first-order valence-electron chi connectivity index (χ1n) is 5.64. The number of esters is 1. The Morgan fingerprint density at radius 1 is 1.56 bits per heavy atom. The van der Waals surface area contributed by atoms with Gasteiger partial charge in [0, 0.05) is 32.1 Å². The second-order valence-corrected chi connectivity index (χ2v) is 4.02. The van der Waals surface area contributed by atoms with E-state index >= 15 is 0 Å². The molecular formula is C13H15N3O2. The van der Waals surface area contributed by atoms with Crippen molar-refractivity contribution < 1.29 is 9.53 Å². The number of rotatable bonds is 4. The lowest BCUT2D eigenvalue weighted by Gasteiger charge is -2.05. The fourth-order valence-corrected chi connectivity index (χ4v) is 1.67. The van der Waals surface area contributed by atoms with Crippen LogP contribution in [0.3, 0.4) is 0 Å². The molecule has 18 heavy (non-hydrogen) atoms. The molecule has 0 aliphatic rings. The van der Waals surface area contributed by atoms with E-state index in [0.717, 1.165) is 5.56 Å². The van der Waals surface area contributed by atoms with Gasteiger partial charge < -0.3 is 15.0 Å². The van der Waals surface area contributed by atoms with Crippen LogP contribution < -0.4 is 5.73 Å². The van der Waals surface area contributed by atoms with Crippen molar-refractivity contribution in [2.24, 2.45) is 7.05 Å². The van der Waals surface area contributed by atoms with Gasteiger partial charge in [0.25, 0.3) is 0 Å². The molecule has 2 aromatic heterocycles. The summed E-state index contributed by atoms with van der Waals surface area (Å²) in [6, 6.07) is 5.41. The van der Waals surface area contributed by atoms with Crippen molar-refractivity contribution in [1.29, 1.82) is 0 Å². The number of anilines is 1. The summed E-state index contributed by atoms with van der Waals surface area (Å²) in [6.07, 6.45) is 5.80. The van der Waals surface area contributed by atoms with Crippen LogP contribution in [0.25, 0.3) is 0 Å². The highest BCUT2D eigenvalue weighted by Crippen LogP contribution is 2.10. The van der Waals surface area contributed by atoms with Gasteiger partial charge in [0.05, 0.1) is 12.3 Å². The third-order valence-electron chi connectivity index (χ3n) is 2.58. The topological polar surface area (TPSA) is 70.1 Å². The van der Waals surface area contributed by atoms with E-state index in [1.807, 2.05) is 12.1 Å². The number of nitrogen functional groups attached to an aromatic ring is 1. The maximum atomic E-state index is 11.8. The molecule has 0 amide bonds. The van der Waals surface area contributed by atoms with Gasteiger partial charge in [0.15, 0.2) is 0 Å². The van der Waals surface area contributed by atoms with Gasteiger partial charge in [0.2, 0.25) is 0 Å². The molecule has 0 radical (unpaired) electrons. The Hall–Kier alpha value is -2.30. The van der Waals surface area contributed by atoms with Crippen LogP contribution in [-0.2, 0) is 18.2 Å². The molecule has 94 valence electrons. The average Bonchev–Trinajstić information content (AvgIpc) is 2.70. The van der Waals surface area contributed by atoms with Crippen LogP contribution in [0.2, 0.25) is 0 Å². The van der Waals surface area contributed by atoms with Crippen LogP contribution in [0.1, 0.15) is 16.1 Å². The Bertz CT molecular complexity index is 534. The Balaban J connectivity index is 1.87. The lowest BCUT2D eigenvalue weighted by atomic mass is 10.2. The molecule has 2 rings (SSSR count). The number of carbonyl (C=O) groups is 1. The average molecular weight is 245 g/mol. The molecule has 2 N–H and O–H groups in total. The molecule has 0 spiro atoms. The summed E-state index contributed by atoms with van der Waals surface area (Å²) >= 11 is 0. The van der Waals surface area contributed by atoms with Gasteiger partial charge in [-0.05, 0) is 17.7 Å². The monoisotopic (exact) mass is 245 g/mol. The smallest absolute Gasteiger partial charge is 0.355 e. The Morgan fingerprint density at radius 3 is 3.00 bits per heavy atom. The van der Waals surface area contributed by atoms with E-state index in [0.29, 0.717) is 24.4 Å². The standard InChI is InChI=1S/C13H15N3O2/c1-16-9-11(14)7-12(16)13(17)18-6-4-10-3-2-5-15-8-10/h2-3,5,7-9H,4,6,14H2,1H3. The number of hydrogen-bond acceptors (Lipinski definition) is 4. The molecule has 0 fully saturated rings. The molecule has 0 saturated carbocycles. The second-order valence-electron chi connectivity index (χ2n) is 4.02. The zero-order valence-corrected chi connectivity index (χ0v) is 10.2. The maximum absolute atomic E-state index is 11.8. The van der Waals surface area contributed by atoms with E-state index in [9.17, 15) is 4.79 Å². The van der Waals surface area contributed by atoms with Gasteiger partial charge >= 0.3 is 5.97 Å². The van der Waals surface area contributed by atoms with Gasteiger partial charge in [-0.15, -0.1) is 0 Å². The summed E-state index contributed by atoms with van der Waals surface area (Å²) in [5.74, 6) is -0.363. The molecule has 0 unspecified atom stereocenters. The second kappa shape index (κ2) is 5.35. The van der Waals surface area contributed by atoms with Crippen LogP contribution in [0, 0.1) is 0 Å². The largest absolute Gasteiger partial charge is 0.461 e. The number of aromatic nitrogens is 2. The quantitative estimate of drug-likeness (QED) is 0.827. The minimum absolute atomic E-state index is 0.329. The molecule has 5 nitrogen and oxygen atoms in total. The predicted octanol–water partition coefficient (Wildman–Crippen LogP) is 1.40. The van der Waals surface area contributed by atoms with E-state index < -0.39 is 0 Å². The minimum atomic E-state index is -0.363. The number of nitrogens with two attached hydrogens (primary N) is 1. The highest BCUT2D eigenvalue weighted by atomic mass is 16.5. The SMILES string of the molecule is Cn1cc(N)cc1C(=O)OCCc1cccnc1. The molecule has 0 aliphatic carbocycles. The molecular weight excluding hydrogens is 230 g/mol. The number of ether oxygens (including phenoxy) is 1. The summed E-state index contributed by atoms with van der Waals surface area (Å²) in [7, 11) is 1.76. The van der Waals surface area contributed by atoms with Gasteiger partial charge in [-0.1, -0.05) is 6.07 Å². The lowest BCUT2D eigenvalue weighted by Crippen LogP contribution is -2.11. The van der Waals surface area contributed by atoms with Crippen molar-refractivity contribution in [3.63, 3.8) is 0 Å². The van der Waals surface area contributed by atoms with Crippen LogP contribution in [0.15, 0.2) is 36.8 Å². The van der Waals surface area contributed by atoms with Gasteiger partial charge in [-0.2, -0.15) is 0 Å². The zero-order chi connectivity index (χ0) is 13.0. The van der Waals surface area contributed by atoms with Gasteiger partial charge in [-0.3, -0.25) is 4.98 Å². The Labute approximate surface area is 105 Å². The highest BCUT2D eigenvalue weighted by molar-refractivity contribution is 5.89. The third kappa shape index (κ3) is 2.88. The van der Waals surface area contributed by atoms with Gasteiger partial charge in [-0.25, -0.2) is 4.79 Å². The fraction of sp³-hybridized carbons (Fsp3) is 0.231. The van der Waals surface area contributed by atoms with E-state index in [-0.39, 0.29) is 5.97 Å². The first-order chi connectivity index (χ1) is 8.66. The first kappa shape index (κ1) is 12.2. The minimum Gasteiger partial charge on any atom is -0.461 e. The molecule has 0 saturated heterocycles. The van der Waals surface area contributed by atoms with E-state index in [1.54, 1.807) is 36.3 Å². The summed E-state index contributed by atoms with van der Waals surface area (Å²) in [6.45, 7) is 0.329. The number of aryl methyl sites for hydroxylation is 1. The molecule has 0 bridgehead atoms.